The molecule has 0 fully saturated rings. The van der Waals surface area contributed by atoms with Crippen LogP contribution in [0, 0.1) is 0 Å². The minimum absolute atomic E-state index is 0.167. The summed E-state index contributed by atoms with van der Waals surface area (Å²) in [5.74, 6) is -0.334. The molecule has 0 aromatic rings. The van der Waals surface area contributed by atoms with Crippen molar-refractivity contribution in [3.05, 3.63) is 23.3 Å². The number of aliphatic hydroxyl groups is 1. The van der Waals surface area contributed by atoms with Crippen molar-refractivity contribution in [1.82, 2.24) is 4.90 Å². The number of ether oxygens (including phenoxy) is 2. The third-order valence-corrected chi connectivity index (χ3v) is 9.35. The zero-order valence-corrected chi connectivity index (χ0v) is 33.0. The van der Waals surface area contributed by atoms with Gasteiger partial charge in [0, 0.05) is 25.3 Å². The van der Waals surface area contributed by atoms with Crippen molar-refractivity contribution < 1.29 is 24.2 Å². The van der Waals surface area contributed by atoms with E-state index in [4.69, 9.17) is 9.47 Å². The number of carbonyl (C=O) groups is 2. The van der Waals surface area contributed by atoms with Gasteiger partial charge in [-0.05, 0) is 83.7 Å². The Hall–Kier alpha value is -1.66. The normalized spacial score (nSPS) is 12.2. The molecule has 0 amide bonds. The Balaban J connectivity index is 4.12. The first-order valence-electron chi connectivity index (χ1n) is 21.1. The van der Waals surface area contributed by atoms with E-state index in [9.17, 15) is 14.7 Å². The molecule has 0 aromatic carbocycles. The van der Waals surface area contributed by atoms with E-state index in [1.807, 2.05) is 0 Å². The summed E-state index contributed by atoms with van der Waals surface area (Å²) in [5, 5.41) is 9.36. The first-order valence-corrected chi connectivity index (χ1v) is 21.1. The summed E-state index contributed by atoms with van der Waals surface area (Å²) in [7, 11) is 0. The lowest BCUT2D eigenvalue weighted by molar-refractivity contribution is -0.138. The summed E-state index contributed by atoms with van der Waals surface area (Å²) in [6.07, 6.45) is 34.3. The molecule has 0 aliphatic rings. The van der Waals surface area contributed by atoms with Crippen LogP contribution in [0.3, 0.4) is 0 Å². The van der Waals surface area contributed by atoms with Crippen molar-refractivity contribution in [3.8, 4) is 0 Å². The highest BCUT2D eigenvalue weighted by Gasteiger charge is 2.07. The van der Waals surface area contributed by atoms with Gasteiger partial charge >= 0.3 is 11.9 Å². The fraction of sp³-hybridized carbons (Fsp3) is 0.860. The van der Waals surface area contributed by atoms with Crippen LogP contribution >= 0.6 is 0 Å². The number of allylic oxidation sites excluding steroid dienone is 2. The molecule has 0 aliphatic heterocycles. The molecule has 0 aliphatic carbocycles. The van der Waals surface area contributed by atoms with Gasteiger partial charge in [0.2, 0.25) is 0 Å². The molecule has 0 unspecified atom stereocenters. The fourth-order valence-electron chi connectivity index (χ4n) is 6.42. The molecule has 1 N–H and O–H groups in total. The van der Waals surface area contributed by atoms with Gasteiger partial charge in [-0.25, -0.2) is 9.59 Å². The quantitative estimate of drug-likeness (QED) is 0.0397. The van der Waals surface area contributed by atoms with E-state index < -0.39 is 0 Å². The maximum atomic E-state index is 12.4. The Morgan fingerprint density at radius 2 is 0.816 bits per heavy atom. The molecule has 0 atom stereocenters. The van der Waals surface area contributed by atoms with Crippen LogP contribution in [0.2, 0.25) is 0 Å². The van der Waals surface area contributed by atoms with Crippen molar-refractivity contribution in [1.29, 1.82) is 0 Å². The SMILES string of the molecule is CCCCCCCC/C(=C/C(=O)OCCCCCCN(CCCO)CCCCCCOC(=O)/C=C(\CCC)CCCCCCCC)CCC. The third kappa shape index (κ3) is 33.3. The average Bonchev–Trinajstić information content (AvgIpc) is 3.08. The van der Waals surface area contributed by atoms with Gasteiger partial charge in [0.25, 0.3) is 0 Å². The topological polar surface area (TPSA) is 76.1 Å². The summed E-state index contributed by atoms with van der Waals surface area (Å²) < 4.78 is 11.1. The molecule has 0 spiro atoms. The third-order valence-electron chi connectivity index (χ3n) is 9.35. The van der Waals surface area contributed by atoms with Gasteiger partial charge in [-0.2, -0.15) is 0 Å². The lowest BCUT2D eigenvalue weighted by Crippen LogP contribution is -2.28. The monoisotopic (exact) mass is 692 g/mol. The van der Waals surface area contributed by atoms with Crippen molar-refractivity contribution in [3.63, 3.8) is 0 Å². The average molecular weight is 692 g/mol. The zero-order valence-electron chi connectivity index (χ0n) is 33.0. The first kappa shape index (κ1) is 47.3. The lowest BCUT2D eigenvalue weighted by atomic mass is 10.0. The molecule has 6 heteroatoms. The Kier molecular flexibility index (Phi) is 36.3. The molecule has 49 heavy (non-hydrogen) atoms. The molecular formula is C43H81NO5. The van der Waals surface area contributed by atoms with Gasteiger partial charge in [-0.15, -0.1) is 0 Å². The van der Waals surface area contributed by atoms with Crippen LogP contribution in [0.5, 0.6) is 0 Å². The number of hydrogen-bond acceptors (Lipinski definition) is 6. The van der Waals surface area contributed by atoms with Gasteiger partial charge in [0.1, 0.15) is 0 Å². The Morgan fingerprint density at radius 3 is 1.22 bits per heavy atom. The van der Waals surface area contributed by atoms with E-state index in [1.165, 1.54) is 88.2 Å². The maximum Gasteiger partial charge on any atom is 0.330 e. The van der Waals surface area contributed by atoms with Crippen LogP contribution in [0.25, 0.3) is 0 Å². The van der Waals surface area contributed by atoms with E-state index in [2.05, 4.69) is 32.6 Å². The van der Waals surface area contributed by atoms with Crippen LogP contribution in [0.1, 0.15) is 201 Å². The fourth-order valence-corrected chi connectivity index (χ4v) is 6.42. The van der Waals surface area contributed by atoms with E-state index in [-0.39, 0.29) is 18.5 Å². The number of esters is 2. The van der Waals surface area contributed by atoms with Crippen molar-refractivity contribution in [2.45, 2.75) is 201 Å². The number of unbranched alkanes of at least 4 members (excludes halogenated alkanes) is 16. The van der Waals surface area contributed by atoms with Gasteiger partial charge in [-0.1, -0.05) is 142 Å². The second kappa shape index (κ2) is 37.6. The van der Waals surface area contributed by atoms with Gasteiger partial charge in [-0.3, -0.25) is 0 Å². The van der Waals surface area contributed by atoms with Crippen LogP contribution < -0.4 is 0 Å². The smallest absolute Gasteiger partial charge is 0.330 e. The van der Waals surface area contributed by atoms with Crippen LogP contribution in [0.15, 0.2) is 23.3 Å². The molecule has 0 heterocycles. The van der Waals surface area contributed by atoms with E-state index in [1.54, 1.807) is 12.2 Å². The molecule has 0 rings (SSSR count). The zero-order chi connectivity index (χ0) is 36.0. The molecule has 0 aromatic heterocycles. The number of nitrogens with zero attached hydrogens (tertiary/aromatic N) is 1. The second-order valence-electron chi connectivity index (χ2n) is 14.2. The van der Waals surface area contributed by atoms with E-state index >= 15 is 0 Å². The predicted octanol–water partition coefficient (Wildman–Crippen LogP) is 11.8. The minimum Gasteiger partial charge on any atom is -0.463 e. The highest BCUT2D eigenvalue weighted by molar-refractivity contribution is 5.83. The number of aliphatic hydroxyl groups excluding tert-OH is 1. The Labute approximate surface area is 304 Å². The number of carbonyl (C=O) groups excluding carboxylic acids is 2. The van der Waals surface area contributed by atoms with E-state index in [0.29, 0.717) is 13.2 Å². The van der Waals surface area contributed by atoms with Crippen molar-refractivity contribution in [2.24, 2.45) is 0 Å². The molecule has 288 valence electrons. The highest BCUT2D eigenvalue weighted by atomic mass is 16.5. The van der Waals surface area contributed by atoms with Crippen LogP contribution in [-0.2, 0) is 19.1 Å². The largest absolute Gasteiger partial charge is 0.463 e. The first-order chi connectivity index (χ1) is 24.0. The predicted molar refractivity (Wildman–Crippen MR) is 209 cm³/mol. The van der Waals surface area contributed by atoms with Gasteiger partial charge in [0.05, 0.1) is 13.2 Å². The summed E-state index contributed by atoms with van der Waals surface area (Å²) in [6, 6.07) is 0. The molecule has 6 nitrogen and oxygen atoms in total. The highest BCUT2D eigenvalue weighted by Crippen LogP contribution is 2.18. The van der Waals surface area contributed by atoms with Gasteiger partial charge < -0.3 is 19.5 Å². The van der Waals surface area contributed by atoms with Crippen LogP contribution in [-0.4, -0.2) is 61.4 Å². The molecule has 0 bridgehead atoms. The Morgan fingerprint density at radius 1 is 0.449 bits per heavy atom. The molecule has 0 radical (unpaired) electrons. The molecule has 0 saturated heterocycles. The lowest BCUT2D eigenvalue weighted by Gasteiger charge is -2.22. The molecular weight excluding hydrogens is 610 g/mol. The minimum atomic E-state index is -0.167. The molecule has 0 saturated carbocycles. The summed E-state index contributed by atoms with van der Waals surface area (Å²) in [4.78, 5) is 27.2. The number of rotatable bonds is 37. The van der Waals surface area contributed by atoms with Gasteiger partial charge in [0.15, 0.2) is 0 Å². The van der Waals surface area contributed by atoms with Crippen molar-refractivity contribution in [2.75, 3.05) is 39.5 Å². The standard InChI is InChI=1S/C43H81NO5/c1-5-9-11-13-15-21-30-40(28-7-3)38-42(46)48-36-25-19-17-23-32-44(34-27-35-45)33-24-18-20-26-37-49-43(47)39-41(29-8-4)31-22-16-14-12-10-6-2/h38-39,45H,5-37H2,1-4H3/b40-38+,41-39+. The van der Waals surface area contributed by atoms with Crippen LogP contribution in [0.4, 0.5) is 0 Å². The van der Waals surface area contributed by atoms with Crippen molar-refractivity contribution >= 4 is 11.9 Å². The summed E-state index contributed by atoms with van der Waals surface area (Å²) in [5.41, 5.74) is 2.49. The summed E-state index contributed by atoms with van der Waals surface area (Å²) >= 11 is 0. The second-order valence-corrected chi connectivity index (χ2v) is 14.2. The van der Waals surface area contributed by atoms with E-state index in [0.717, 1.165) is 116 Å². The maximum absolute atomic E-state index is 12.4. The summed E-state index contributed by atoms with van der Waals surface area (Å²) in [6.45, 7) is 13.1. The Bertz CT molecular complexity index is 746. The number of hydrogen-bond donors (Lipinski definition) is 1.